The number of carbonyl (C=O) groups is 2. The minimum Gasteiger partial charge on any atom is -0.296 e. The summed E-state index contributed by atoms with van der Waals surface area (Å²) in [5.41, 5.74) is -0.187. The second kappa shape index (κ2) is 1.41. The number of rotatable bonds is 0. The normalized spacial score (nSPS) is 44.3. The molecule has 0 aromatic heterocycles. The molecule has 0 bridgehead atoms. The van der Waals surface area contributed by atoms with E-state index in [1.165, 1.54) is 0 Å². The van der Waals surface area contributed by atoms with Crippen LogP contribution in [0.15, 0.2) is 0 Å². The van der Waals surface area contributed by atoms with Gasteiger partial charge in [-0.25, -0.2) is 0 Å². The van der Waals surface area contributed by atoms with Gasteiger partial charge >= 0.3 is 0 Å². The molecule has 1 saturated heterocycles. The molecule has 2 rings (SSSR count). The number of carbonyl (C=O) groups excluding carboxylic acids is 2. The fourth-order valence-corrected chi connectivity index (χ4v) is 1.57. The van der Waals surface area contributed by atoms with Crippen molar-refractivity contribution in [3.8, 4) is 0 Å². The molecule has 0 radical (unpaired) electrons. The molecule has 2 aliphatic rings. The number of hydrogen-bond acceptors (Lipinski definition) is 2. The number of nitrogens with one attached hydrogen (secondary N) is 1. The molecule has 1 N–H and O–H groups in total. The SMILES string of the molecule is CC12CC1CC(=O)NC2=O. The Morgan fingerprint density at radius 3 is 2.90 bits per heavy atom. The first-order valence-corrected chi connectivity index (χ1v) is 3.47. The van der Waals surface area contributed by atoms with E-state index in [-0.39, 0.29) is 17.2 Å². The van der Waals surface area contributed by atoms with Crippen molar-refractivity contribution in [1.82, 2.24) is 5.32 Å². The first-order chi connectivity index (χ1) is 4.63. The fourth-order valence-electron chi connectivity index (χ4n) is 1.57. The van der Waals surface area contributed by atoms with E-state index in [0.29, 0.717) is 12.3 Å². The Bertz CT molecular complexity index is 224. The van der Waals surface area contributed by atoms with Crippen molar-refractivity contribution >= 4 is 11.8 Å². The highest BCUT2D eigenvalue weighted by molar-refractivity contribution is 6.03. The quantitative estimate of drug-likeness (QED) is 0.482. The summed E-state index contributed by atoms with van der Waals surface area (Å²) in [5.74, 6) is 0.160. The molecule has 1 aliphatic carbocycles. The largest absolute Gasteiger partial charge is 0.296 e. The second-order valence-corrected chi connectivity index (χ2v) is 3.40. The van der Waals surface area contributed by atoms with Gasteiger partial charge in [-0.05, 0) is 12.3 Å². The van der Waals surface area contributed by atoms with Gasteiger partial charge in [0.05, 0.1) is 5.41 Å². The number of amides is 2. The molecule has 2 unspecified atom stereocenters. The molecule has 3 heteroatoms. The molecule has 54 valence electrons. The van der Waals surface area contributed by atoms with E-state index in [2.05, 4.69) is 5.32 Å². The summed E-state index contributed by atoms with van der Waals surface area (Å²) < 4.78 is 0. The van der Waals surface area contributed by atoms with Gasteiger partial charge in [0.2, 0.25) is 11.8 Å². The van der Waals surface area contributed by atoms with E-state index in [4.69, 9.17) is 0 Å². The Balaban J connectivity index is 2.23. The molecular weight excluding hydrogens is 130 g/mol. The van der Waals surface area contributed by atoms with E-state index in [9.17, 15) is 9.59 Å². The Hall–Kier alpha value is -0.860. The van der Waals surface area contributed by atoms with Crippen LogP contribution in [0.1, 0.15) is 19.8 Å². The highest BCUT2D eigenvalue weighted by Crippen LogP contribution is 2.55. The van der Waals surface area contributed by atoms with Crippen molar-refractivity contribution in [1.29, 1.82) is 0 Å². The third kappa shape index (κ3) is 0.549. The minimum atomic E-state index is -0.187. The number of piperidine rings is 1. The van der Waals surface area contributed by atoms with Gasteiger partial charge in [0.25, 0.3) is 0 Å². The van der Waals surface area contributed by atoms with Gasteiger partial charge in [-0.15, -0.1) is 0 Å². The first-order valence-electron chi connectivity index (χ1n) is 3.47. The molecule has 0 aromatic rings. The molecule has 2 amide bonds. The summed E-state index contributed by atoms with van der Waals surface area (Å²) >= 11 is 0. The van der Waals surface area contributed by atoms with E-state index in [0.717, 1.165) is 6.42 Å². The lowest BCUT2D eigenvalue weighted by atomic mass is 10.0. The minimum absolute atomic E-state index is 0.0752. The second-order valence-electron chi connectivity index (χ2n) is 3.40. The van der Waals surface area contributed by atoms with E-state index in [1.54, 1.807) is 0 Å². The summed E-state index contributed by atoms with van der Waals surface area (Å²) in [5, 5.41) is 2.33. The van der Waals surface area contributed by atoms with Crippen LogP contribution in [0.5, 0.6) is 0 Å². The van der Waals surface area contributed by atoms with Gasteiger partial charge in [-0.1, -0.05) is 6.92 Å². The fraction of sp³-hybridized carbons (Fsp3) is 0.714. The van der Waals surface area contributed by atoms with Crippen molar-refractivity contribution in [2.24, 2.45) is 11.3 Å². The highest BCUT2D eigenvalue weighted by atomic mass is 16.2. The number of hydrogen-bond donors (Lipinski definition) is 1. The van der Waals surface area contributed by atoms with Crippen LogP contribution < -0.4 is 5.32 Å². The monoisotopic (exact) mass is 139 g/mol. The van der Waals surface area contributed by atoms with Crippen molar-refractivity contribution in [3.63, 3.8) is 0 Å². The molecule has 2 fully saturated rings. The maximum atomic E-state index is 11.0. The predicted octanol–water partition coefficient (Wildman–Crippen LogP) is 0.0591. The van der Waals surface area contributed by atoms with Crippen LogP contribution in [-0.4, -0.2) is 11.8 Å². The van der Waals surface area contributed by atoms with Gasteiger partial charge in [-0.3, -0.25) is 14.9 Å². The Morgan fingerprint density at radius 2 is 2.30 bits per heavy atom. The van der Waals surface area contributed by atoms with Crippen LogP contribution in [0, 0.1) is 11.3 Å². The van der Waals surface area contributed by atoms with Crippen LogP contribution in [0.3, 0.4) is 0 Å². The summed E-state index contributed by atoms with van der Waals surface area (Å²) in [7, 11) is 0. The molecule has 1 heterocycles. The lowest BCUT2D eigenvalue weighted by Crippen LogP contribution is -2.40. The molecule has 3 nitrogen and oxygen atoms in total. The predicted molar refractivity (Wildman–Crippen MR) is 34.0 cm³/mol. The first kappa shape index (κ1) is 5.89. The third-order valence-corrected chi connectivity index (χ3v) is 2.61. The molecule has 2 atom stereocenters. The van der Waals surface area contributed by atoms with Crippen LogP contribution in [-0.2, 0) is 9.59 Å². The molecule has 0 spiro atoms. The van der Waals surface area contributed by atoms with Crippen LogP contribution in [0.2, 0.25) is 0 Å². The smallest absolute Gasteiger partial charge is 0.232 e. The van der Waals surface area contributed by atoms with Crippen molar-refractivity contribution in [2.45, 2.75) is 19.8 Å². The summed E-state index contributed by atoms with van der Waals surface area (Å²) in [6, 6.07) is 0. The molecule has 10 heavy (non-hydrogen) atoms. The van der Waals surface area contributed by atoms with Gasteiger partial charge < -0.3 is 0 Å². The summed E-state index contributed by atoms with van der Waals surface area (Å²) in [6.45, 7) is 1.92. The summed E-state index contributed by atoms with van der Waals surface area (Å²) in [6.07, 6.45) is 1.44. The zero-order valence-corrected chi connectivity index (χ0v) is 5.81. The number of fused-ring (bicyclic) bond motifs is 1. The summed E-state index contributed by atoms with van der Waals surface area (Å²) in [4.78, 5) is 21.8. The van der Waals surface area contributed by atoms with Crippen LogP contribution in [0.4, 0.5) is 0 Å². The van der Waals surface area contributed by atoms with Gasteiger partial charge in [-0.2, -0.15) is 0 Å². The zero-order chi connectivity index (χ0) is 7.35. The Morgan fingerprint density at radius 1 is 1.60 bits per heavy atom. The Kier molecular flexibility index (Phi) is 0.832. The zero-order valence-electron chi connectivity index (χ0n) is 5.81. The van der Waals surface area contributed by atoms with E-state index >= 15 is 0 Å². The van der Waals surface area contributed by atoms with Gasteiger partial charge in [0.15, 0.2) is 0 Å². The molecular formula is C7H9NO2. The van der Waals surface area contributed by atoms with Crippen molar-refractivity contribution in [2.75, 3.05) is 0 Å². The molecule has 1 saturated carbocycles. The topological polar surface area (TPSA) is 46.2 Å². The lowest BCUT2D eigenvalue weighted by molar-refractivity contribution is -0.136. The van der Waals surface area contributed by atoms with Crippen LogP contribution in [0.25, 0.3) is 0 Å². The maximum Gasteiger partial charge on any atom is 0.232 e. The third-order valence-electron chi connectivity index (χ3n) is 2.61. The van der Waals surface area contributed by atoms with Crippen LogP contribution >= 0.6 is 0 Å². The van der Waals surface area contributed by atoms with Gasteiger partial charge in [0, 0.05) is 6.42 Å². The Labute approximate surface area is 58.8 Å². The average Bonchev–Trinajstić information content (AvgIpc) is 2.42. The maximum absolute atomic E-state index is 11.0. The standard InChI is InChI=1S/C7H9NO2/c1-7-3-4(7)2-5(9)8-6(7)10/h4H,2-3H2,1H3,(H,8,9,10). The van der Waals surface area contributed by atoms with Crippen molar-refractivity contribution < 1.29 is 9.59 Å². The van der Waals surface area contributed by atoms with E-state index in [1.807, 2.05) is 6.92 Å². The van der Waals surface area contributed by atoms with E-state index < -0.39 is 0 Å². The highest BCUT2D eigenvalue weighted by Gasteiger charge is 2.59. The lowest BCUT2D eigenvalue weighted by Gasteiger charge is -2.15. The molecule has 0 aromatic carbocycles. The molecule has 1 aliphatic heterocycles. The van der Waals surface area contributed by atoms with Gasteiger partial charge in [0.1, 0.15) is 0 Å². The van der Waals surface area contributed by atoms with Crippen molar-refractivity contribution in [3.05, 3.63) is 0 Å². The average molecular weight is 139 g/mol. The number of imide groups is 1.